The maximum Gasteiger partial charge on any atom is 0.237 e. The minimum Gasteiger partial charge on any atom is -0.327 e. The monoisotopic (exact) mass is 454 g/mol. The van der Waals surface area contributed by atoms with Crippen LogP contribution in [0.2, 0.25) is 0 Å². The zero-order valence-electron chi connectivity index (χ0n) is 19.9. The molecule has 0 saturated carbocycles. The Morgan fingerprint density at radius 3 is 2.27 bits per heavy atom. The number of nitrogens with two attached hydrogens (primary N) is 1. The van der Waals surface area contributed by atoms with Gasteiger partial charge in [0.25, 0.3) is 0 Å². The van der Waals surface area contributed by atoms with Crippen LogP contribution >= 0.6 is 0 Å². The summed E-state index contributed by atoms with van der Waals surface area (Å²) < 4.78 is 28.6. The fourth-order valence-electron chi connectivity index (χ4n) is 4.28. The summed E-state index contributed by atoms with van der Waals surface area (Å²) in [7, 11) is 0. The van der Waals surface area contributed by atoms with Crippen LogP contribution in [-0.2, 0) is 16.9 Å². The van der Waals surface area contributed by atoms with Gasteiger partial charge in [0.05, 0.1) is 17.8 Å². The Bertz CT molecular complexity index is 1100. The van der Waals surface area contributed by atoms with Gasteiger partial charge in [0, 0.05) is 24.3 Å². The summed E-state index contributed by atoms with van der Waals surface area (Å²) in [4.78, 5) is 18.8. The molecule has 2 heterocycles. The molecule has 1 aliphatic heterocycles. The number of aryl methyl sites for hydroxylation is 1. The SMILES string of the molecule is CC(C)c1c(-c2ccccc2F)nc2n1CCN(C(=O)CN)C2(C)C.Cc1ccc(F)cc1. The van der Waals surface area contributed by atoms with Crippen LogP contribution in [-0.4, -0.2) is 33.4 Å². The summed E-state index contributed by atoms with van der Waals surface area (Å²) in [6.45, 7) is 11.2. The van der Waals surface area contributed by atoms with Gasteiger partial charge < -0.3 is 15.2 Å². The van der Waals surface area contributed by atoms with E-state index in [2.05, 4.69) is 18.4 Å². The Balaban J connectivity index is 0.000000323. The molecule has 0 spiro atoms. The second-order valence-corrected chi connectivity index (χ2v) is 9.06. The minimum atomic E-state index is -0.595. The highest BCUT2D eigenvalue weighted by Crippen LogP contribution is 2.39. The molecule has 0 bridgehead atoms. The van der Waals surface area contributed by atoms with Crippen molar-refractivity contribution in [2.75, 3.05) is 13.1 Å². The molecule has 0 aliphatic carbocycles. The predicted octanol–water partition coefficient (Wildman–Crippen LogP) is 4.98. The first kappa shape index (κ1) is 24.6. The van der Waals surface area contributed by atoms with E-state index in [-0.39, 0.29) is 30.0 Å². The highest BCUT2D eigenvalue weighted by Gasteiger charge is 2.41. The third-order valence-corrected chi connectivity index (χ3v) is 5.94. The van der Waals surface area contributed by atoms with Gasteiger partial charge in [-0.15, -0.1) is 0 Å². The largest absolute Gasteiger partial charge is 0.327 e. The van der Waals surface area contributed by atoms with E-state index >= 15 is 0 Å². The van der Waals surface area contributed by atoms with Gasteiger partial charge in [0.1, 0.15) is 17.5 Å². The molecule has 2 aromatic carbocycles. The van der Waals surface area contributed by atoms with Gasteiger partial charge in [-0.25, -0.2) is 13.8 Å². The van der Waals surface area contributed by atoms with E-state index < -0.39 is 5.54 Å². The van der Waals surface area contributed by atoms with Gasteiger partial charge in [-0.1, -0.05) is 43.7 Å². The number of carbonyl (C=O) groups is 1. The lowest BCUT2D eigenvalue weighted by molar-refractivity contribution is -0.137. The summed E-state index contributed by atoms with van der Waals surface area (Å²) in [6.07, 6.45) is 0. The molecule has 0 fully saturated rings. The van der Waals surface area contributed by atoms with E-state index in [1.807, 2.05) is 26.8 Å². The van der Waals surface area contributed by atoms with E-state index in [0.29, 0.717) is 24.3 Å². The summed E-state index contributed by atoms with van der Waals surface area (Å²) in [6, 6.07) is 13.1. The number of fused-ring (bicyclic) bond motifs is 1. The molecule has 0 atom stereocenters. The van der Waals surface area contributed by atoms with Crippen LogP contribution in [0, 0.1) is 18.6 Å². The number of hydrogen-bond donors (Lipinski definition) is 1. The van der Waals surface area contributed by atoms with Crippen molar-refractivity contribution in [3.8, 4) is 11.3 Å². The van der Waals surface area contributed by atoms with Gasteiger partial charge in [-0.2, -0.15) is 0 Å². The van der Waals surface area contributed by atoms with Crippen molar-refractivity contribution in [2.24, 2.45) is 5.73 Å². The Labute approximate surface area is 194 Å². The zero-order valence-corrected chi connectivity index (χ0v) is 19.9. The molecule has 33 heavy (non-hydrogen) atoms. The van der Waals surface area contributed by atoms with Gasteiger partial charge in [-0.3, -0.25) is 4.79 Å². The van der Waals surface area contributed by atoms with Crippen LogP contribution in [0.15, 0.2) is 48.5 Å². The van der Waals surface area contributed by atoms with Crippen molar-refractivity contribution in [1.29, 1.82) is 0 Å². The fraction of sp³-hybridized carbons (Fsp3) is 0.385. The number of aromatic nitrogens is 2. The van der Waals surface area contributed by atoms with Crippen molar-refractivity contribution < 1.29 is 13.6 Å². The number of rotatable bonds is 3. The molecular weight excluding hydrogens is 422 g/mol. The number of benzene rings is 2. The fourth-order valence-corrected chi connectivity index (χ4v) is 4.28. The first-order valence-electron chi connectivity index (χ1n) is 11.2. The standard InChI is InChI=1S/C19H25FN4O.C7H7F/c1-12(2)17-16(13-7-5-6-8-14(13)20)22-18-19(3,4)24(15(25)11-21)10-9-23(17)18;1-6-2-4-7(8)5-3-6/h5-8,12H,9-11,21H2,1-4H3;2-5H,1H3. The summed E-state index contributed by atoms with van der Waals surface area (Å²) in [5, 5.41) is 0. The molecule has 0 unspecified atom stereocenters. The summed E-state index contributed by atoms with van der Waals surface area (Å²) >= 11 is 0. The zero-order chi connectivity index (χ0) is 24.3. The summed E-state index contributed by atoms with van der Waals surface area (Å²) in [5.41, 5.74) is 8.24. The third-order valence-electron chi connectivity index (χ3n) is 5.94. The van der Waals surface area contributed by atoms with E-state index in [0.717, 1.165) is 17.1 Å². The van der Waals surface area contributed by atoms with Crippen LogP contribution in [0.3, 0.4) is 0 Å². The molecule has 176 valence electrons. The smallest absolute Gasteiger partial charge is 0.237 e. The molecule has 0 saturated heterocycles. The first-order valence-corrected chi connectivity index (χ1v) is 11.2. The van der Waals surface area contributed by atoms with Crippen molar-refractivity contribution in [3.63, 3.8) is 0 Å². The second-order valence-electron chi connectivity index (χ2n) is 9.06. The van der Waals surface area contributed by atoms with Crippen molar-refractivity contribution in [1.82, 2.24) is 14.5 Å². The minimum absolute atomic E-state index is 0.0264. The molecule has 1 aromatic heterocycles. The van der Waals surface area contributed by atoms with Gasteiger partial charge in [-0.05, 0) is 51.0 Å². The second kappa shape index (κ2) is 9.83. The van der Waals surface area contributed by atoms with Gasteiger partial charge in [0.2, 0.25) is 5.91 Å². The first-order chi connectivity index (χ1) is 15.6. The third kappa shape index (κ3) is 4.98. The molecular formula is C26H32F2N4O. The molecule has 7 heteroatoms. The molecule has 0 radical (unpaired) electrons. The topological polar surface area (TPSA) is 64.2 Å². The lowest BCUT2D eigenvalue weighted by atomic mass is 9.98. The highest BCUT2D eigenvalue weighted by atomic mass is 19.1. The Hall–Kier alpha value is -3.06. The van der Waals surface area contributed by atoms with Crippen molar-refractivity contribution >= 4 is 5.91 Å². The van der Waals surface area contributed by atoms with Crippen LogP contribution in [0.4, 0.5) is 8.78 Å². The number of imidazole rings is 1. The van der Waals surface area contributed by atoms with Crippen molar-refractivity contribution in [2.45, 2.75) is 52.6 Å². The number of halogens is 2. The van der Waals surface area contributed by atoms with Gasteiger partial charge >= 0.3 is 0 Å². The number of nitrogens with zero attached hydrogens (tertiary/aromatic N) is 3. The van der Waals surface area contributed by atoms with E-state index in [9.17, 15) is 13.6 Å². The molecule has 3 aromatic rings. The Kier molecular flexibility index (Phi) is 7.32. The molecule has 4 rings (SSSR count). The van der Waals surface area contributed by atoms with Crippen LogP contribution in [0.25, 0.3) is 11.3 Å². The highest BCUT2D eigenvalue weighted by molar-refractivity contribution is 5.79. The molecule has 1 amide bonds. The van der Waals surface area contributed by atoms with Crippen LogP contribution in [0.5, 0.6) is 0 Å². The molecule has 2 N–H and O–H groups in total. The predicted molar refractivity (Wildman–Crippen MR) is 127 cm³/mol. The quantitative estimate of drug-likeness (QED) is 0.607. The maximum atomic E-state index is 14.4. The molecule has 1 aliphatic rings. The van der Waals surface area contributed by atoms with Crippen LogP contribution in [0.1, 0.15) is 50.7 Å². The van der Waals surface area contributed by atoms with Gasteiger partial charge in [0.15, 0.2) is 0 Å². The van der Waals surface area contributed by atoms with E-state index in [1.54, 1.807) is 29.2 Å². The van der Waals surface area contributed by atoms with Crippen LogP contribution < -0.4 is 5.73 Å². The molecule has 5 nitrogen and oxygen atoms in total. The average Bonchev–Trinajstić information content (AvgIpc) is 3.17. The number of amides is 1. The normalized spacial score (nSPS) is 14.5. The lowest BCUT2D eigenvalue weighted by Gasteiger charge is -2.42. The lowest BCUT2D eigenvalue weighted by Crippen LogP contribution is -2.53. The van der Waals surface area contributed by atoms with Crippen molar-refractivity contribution in [3.05, 3.63) is 77.2 Å². The Morgan fingerprint density at radius 2 is 1.73 bits per heavy atom. The Morgan fingerprint density at radius 1 is 1.09 bits per heavy atom. The van der Waals surface area contributed by atoms with E-state index in [4.69, 9.17) is 10.7 Å². The maximum absolute atomic E-state index is 14.4. The number of hydrogen-bond acceptors (Lipinski definition) is 3. The average molecular weight is 455 g/mol. The van der Waals surface area contributed by atoms with E-state index in [1.165, 1.54) is 18.2 Å². The summed E-state index contributed by atoms with van der Waals surface area (Å²) in [5.74, 6) is 0.409. The number of carbonyl (C=O) groups excluding carboxylic acids is 1.